The van der Waals surface area contributed by atoms with Gasteiger partial charge in [-0.2, -0.15) is 0 Å². The summed E-state index contributed by atoms with van der Waals surface area (Å²) < 4.78 is 11.1. The van der Waals surface area contributed by atoms with Crippen LogP contribution >= 0.6 is 0 Å². The van der Waals surface area contributed by atoms with Gasteiger partial charge in [0.2, 0.25) is 5.91 Å². The first-order chi connectivity index (χ1) is 22.2. The first-order valence-corrected chi connectivity index (χ1v) is 14.7. The molecule has 0 aromatic heterocycles. The topological polar surface area (TPSA) is 128 Å². The summed E-state index contributed by atoms with van der Waals surface area (Å²) in [5.74, 6) is -1.89. The summed E-state index contributed by atoms with van der Waals surface area (Å²) in [6.45, 7) is 1.95. The van der Waals surface area contributed by atoms with Crippen LogP contribution in [0.15, 0.2) is 97.1 Å². The van der Waals surface area contributed by atoms with Crippen molar-refractivity contribution in [2.75, 3.05) is 24.4 Å². The molecule has 1 amide bonds. The van der Waals surface area contributed by atoms with Crippen LogP contribution in [-0.4, -0.2) is 48.7 Å². The van der Waals surface area contributed by atoms with Crippen molar-refractivity contribution in [2.24, 2.45) is 5.92 Å². The number of carbonyl (C=O) groups excluding carboxylic acids is 3. The van der Waals surface area contributed by atoms with E-state index in [4.69, 9.17) is 9.47 Å². The lowest BCUT2D eigenvalue weighted by Crippen LogP contribution is -2.51. The minimum Gasteiger partial charge on any atom is -0.497 e. The Morgan fingerprint density at radius 2 is 1.63 bits per heavy atom. The number of non-ortho nitro benzene ring substituents is 1. The molecule has 0 saturated carbocycles. The first kappa shape index (κ1) is 29.0. The average molecular weight is 616 g/mol. The third-order valence-corrected chi connectivity index (χ3v) is 9.47. The largest absolute Gasteiger partial charge is 0.497 e. The number of para-hydroxylation sites is 2. The summed E-state index contributed by atoms with van der Waals surface area (Å²) in [5, 5.41) is 14.4. The average Bonchev–Trinajstić information content (AvgIpc) is 3.55. The van der Waals surface area contributed by atoms with E-state index >= 15 is 4.79 Å². The van der Waals surface area contributed by atoms with Gasteiger partial charge in [0.1, 0.15) is 23.0 Å². The van der Waals surface area contributed by atoms with Gasteiger partial charge in [-0.15, -0.1) is 0 Å². The maximum atomic E-state index is 15.2. The number of carbonyl (C=O) groups is 3. The van der Waals surface area contributed by atoms with Crippen LogP contribution in [0.5, 0.6) is 11.5 Å². The number of ether oxygens (including phenoxy) is 2. The summed E-state index contributed by atoms with van der Waals surface area (Å²) in [4.78, 5) is 57.5. The minimum atomic E-state index is -1.53. The van der Waals surface area contributed by atoms with Crippen LogP contribution in [0.3, 0.4) is 0 Å². The Labute approximate surface area is 264 Å². The van der Waals surface area contributed by atoms with E-state index in [2.05, 4.69) is 5.32 Å². The lowest BCUT2D eigenvalue weighted by Gasteiger charge is -2.39. The van der Waals surface area contributed by atoms with Crippen LogP contribution in [0.2, 0.25) is 0 Å². The van der Waals surface area contributed by atoms with Crippen molar-refractivity contribution < 1.29 is 28.8 Å². The second kappa shape index (κ2) is 10.7. The Bertz CT molecular complexity index is 1990. The second-order valence-corrected chi connectivity index (χ2v) is 11.6. The predicted molar refractivity (Wildman–Crippen MR) is 172 cm³/mol. The highest BCUT2D eigenvalue weighted by Gasteiger charge is 2.70. The number of Topliss-reactive ketones (excluding diaryl/α,β-unsaturated/α-hetero) is 2. The Morgan fingerprint density at radius 1 is 0.913 bits per heavy atom. The number of nitrogens with zero attached hydrogens (tertiary/aromatic N) is 2. The van der Waals surface area contributed by atoms with Gasteiger partial charge < -0.3 is 19.7 Å². The molecule has 4 aromatic rings. The molecular weight excluding hydrogens is 586 g/mol. The zero-order chi connectivity index (χ0) is 32.3. The molecule has 1 spiro atoms. The molecule has 4 atom stereocenters. The van der Waals surface area contributed by atoms with E-state index in [-0.39, 0.29) is 22.6 Å². The Balaban J connectivity index is 1.55. The number of allylic oxidation sites excluding steroid dienone is 1. The van der Waals surface area contributed by atoms with Gasteiger partial charge in [0.15, 0.2) is 11.6 Å². The number of amides is 1. The monoisotopic (exact) mass is 615 g/mol. The highest BCUT2D eigenvalue weighted by molar-refractivity contribution is 6.19. The number of methoxy groups -OCH3 is 2. The van der Waals surface area contributed by atoms with Crippen LogP contribution in [0.1, 0.15) is 38.8 Å². The normalized spacial score (nSPS) is 22.3. The number of benzene rings is 4. The summed E-state index contributed by atoms with van der Waals surface area (Å²) in [6.07, 6.45) is 1.97. The molecule has 0 aliphatic carbocycles. The van der Waals surface area contributed by atoms with E-state index in [1.807, 2.05) is 60.4 Å². The Kier molecular flexibility index (Phi) is 6.73. The van der Waals surface area contributed by atoms with Gasteiger partial charge in [-0.1, -0.05) is 42.5 Å². The van der Waals surface area contributed by atoms with Crippen LogP contribution in [0.4, 0.5) is 17.1 Å². The minimum absolute atomic E-state index is 0.165. The fraction of sp³-hybridized carbons (Fsp3) is 0.194. The quantitative estimate of drug-likeness (QED) is 0.156. The molecule has 1 N–H and O–H groups in total. The number of ketones is 2. The number of fused-ring (bicyclic) bond motifs is 6. The van der Waals surface area contributed by atoms with E-state index in [1.165, 1.54) is 38.5 Å². The maximum absolute atomic E-state index is 15.2. The van der Waals surface area contributed by atoms with Crippen molar-refractivity contribution in [1.82, 2.24) is 0 Å². The molecule has 1 saturated heterocycles. The summed E-state index contributed by atoms with van der Waals surface area (Å²) >= 11 is 0. The molecule has 3 aliphatic rings. The highest BCUT2D eigenvalue weighted by atomic mass is 16.6. The SMILES string of the molecule is COc1ccc(OC)c(C(=O)[C@H]2[C@H](C(=O)c3ccc([N+](=O)[O-])cc3)N3c4ccccc4C(C)=C[C@H]3[C@]23C(=O)Nc2ccccc23)c1. The van der Waals surface area contributed by atoms with Gasteiger partial charge in [-0.3, -0.25) is 24.5 Å². The van der Waals surface area contributed by atoms with Crippen LogP contribution in [-0.2, 0) is 10.2 Å². The second-order valence-electron chi connectivity index (χ2n) is 11.6. The number of hydrogen-bond donors (Lipinski definition) is 1. The van der Waals surface area contributed by atoms with Gasteiger partial charge in [0, 0.05) is 34.6 Å². The van der Waals surface area contributed by atoms with Gasteiger partial charge in [-0.25, -0.2) is 0 Å². The molecule has 3 heterocycles. The number of nitro groups is 1. The third kappa shape index (κ3) is 3.99. The molecule has 0 bridgehead atoms. The molecule has 1 fully saturated rings. The van der Waals surface area contributed by atoms with Crippen molar-refractivity contribution in [3.05, 3.63) is 129 Å². The van der Waals surface area contributed by atoms with E-state index < -0.39 is 45.8 Å². The van der Waals surface area contributed by atoms with Gasteiger partial charge in [-0.05, 0) is 60.5 Å². The lowest BCUT2D eigenvalue weighted by molar-refractivity contribution is -0.384. The van der Waals surface area contributed by atoms with Gasteiger partial charge in [0.05, 0.1) is 36.7 Å². The molecule has 0 unspecified atom stereocenters. The third-order valence-electron chi connectivity index (χ3n) is 9.47. The van der Waals surface area contributed by atoms with Crippen molar-refractivity contribution >= 4 is 40.1 Å². The molecule has 46 heavy (non-hydrogen) atoms. The molecular formula is C36H29N3O7. The van der Waals surface area contributed by atoms with E-state index in [0.29, 0.717) is 22.7 Å². The summed E-state index contributed by atoms with van der Waals surface area (Å²) in [5.41, 5.74) is 2.30. The number of nitro benzene ring substituents is 1. The number of rotatable bonds is 7. The number of anilines is 2. The molecule has 10 heteroatoms. The first-order valence-electron chi connectivity index (χ1n) is 14.7. The highest BCUT2D eigenvalue weighted by Crippen LogP contribution is 2.59. The number of nitrogens with one attached hydrogen (secondary N) is 1. The van der Waals surface area contributed by atoms with Crippen molar-refractivity contribution in [3.63, 3.8) is 0 Å². The van der Waals surface area contributed by atoms with Gasteiger partial charge in [0.25, 0.3) is 5.69 Å². The number of hydrogen-bond acceptors (Lipinski definition) is 8. The zero-order valence-electron chi connectivity index (χ0n) is 25.2. The van der Waals surface area contributed by atoms with Crippen molar-refractivity contribution in [1.29, 1.82) is 0 Å². The summed E-state index contributed by atoms with van der Waals surface area (Å²) in [7, 11) is 2.94. The van der Waals surface area contributed by atoms with Crippen LogP contribution in [0, 0.1) is 16.0 Å². The molecule has 230 valence electrons. The predicted octanol–water partition coefficient (Wildman–Crippen LogP) is 5.86. The summed E-state index contributed by atoms with van der Waals surface area (Å²) in [6, 6.07) is 23.1. The molecule has 3 aliphatic heterocycles. The fourth-order valence-corrected chi connectivity index (χ4v) is 7.48. The van der Waals surface area contributed by atoms with Crippen LogP contribution < -0.4 is 19.7 Å². The smallest absolute Gasteiger partial charge is 0.269 e. The molecule has 0 radical (unpaired) electrons. The Hall–Kier alpha value is -5.77. The van der Waals surface area contributed by atoms with Crippen LogP contribution in [0.25, 0.3) is 5.57 Å². The van der Waals surface area contributed by atoms with E-state index in [9.17, 15) is 19.7 Å². The van der Waals surface area contributed by atoms with E-state index in [0.717, 1.165) is 11.1 Å². The van der Waals surface area contributed by atoms with E-state index in [1.54, 1.807) is 24.3 Å². The molecule has 10 nitrogen and oxygen atoms in total. The zero-order valence-corrected chi connectivity index (χ0v) is 25.2. The Morgan fingerprint density at radius 3 is 2.35 bits per heavy atom. The maximum Gasteiger partial charge on any atom is 0.269 e. The molecule has 7 rings (SSSR count). The van der Waals surface area contributed by atoms with Crippen molar-refractivity contribution in [2.45, 2.75) is 24.4 Å². The standard InChI is InChI=1S/C36H29N3O7/c1-20-18-30-36(26-9-5-6-10-27(26)37-35(36)42)31(34(41)25-19-23(45-2)16-17-29(25)46-3)32(38(30)28-11-7-4-8-24(20)28)33(40)21-12-14-22(15-13-21)39(43)44/h4-19,30-32H,1-3H3,(H,37,42)/t30-,31+,32+,36-/m0/s1. The lowest BCUT2D eigenvalue weighted by atomic mass is 9.63. The van der Waals surface area contributed by atoms with Gasteiger partial charge >= 0.3 is 0 Å². The fourth-order valence-electron chi connectivity index (χ4n) is 7.48. The molecule has 4 aromatic carbocycles. The van der Waals surface area contributed by atoms with Crippen molar-refractivity contribution in [3.8, 4) is 11.5 Å².